The van der Waals surface area contributed by atoms with Crippen LogP contribution in [0.15, 0.2) is 15.3 Å². The zero-order chi connectivity index (χ0) is 10.0. The molecule has 0 fully saturated rings. The van der Waals surface area contributed by atoms with E-state index in [0.717, 1.165) is 0 Å². The SMILES string of the molecule is COc1cc(=O)oc(C)c1[C@H](C)O. The Morgan fingerprint density at radius 3 is 2.69 bits per heavy atom. The highest BCUT2D eigenvalue weighted by atomic mass is 16.5. The Morgan fingerprint density at radius 1 is 1.62 bits per heavy atom. The van der Waals surface area contributed by atoms with Crippen molar-refractivity contribution in [2.45, 2.75) is 20.0 Å². The molecular weight excluding hydrogens is 172 g/mol. The van der Waals surface area contributed by atoms with E-state index in [1.165, 1.54) is 13.2 Å². The van der Waals surface area contributed by atoms with Crippen LogP contribution in [0, 0.1) is 6.92 Å². The van der Waals surface area contributed by atoms with Crippen molar-refractivity contribution in [3.8, 4) is 5.75 Å². The molecule has 0 aliphatic carbocycles. The van der Waals surface area contributed by atoms with Crippen LogP contribution in [0.3, 0.4) is 0 Å². The van der Waals surface area contributed by atoms with E-state index in [4.69, 9.17) is 9.15 Å². The molecule has 0 radical (unpaired) electrons. The topological polar surface area (TPSA) is 59.7 Å². The third kappa shape index (κ3) is 1.89. The first-order chi connectivity index (χ1) is 6.06. The van der Waals surface area contributed by atoms with E-state index in [1.807, 2.05) is 0 Å². The quantitative estimate of drug-likeness (QED) is 0.745. The van der Waals surface area contributed by atoms with Gasteiger partial charge in [0, 0.05) is 0 Å². The fourth-order valence-corrected chi connectivity index (χ4v) is 1.26. The van der Waals surface area contributed by atoms with E-state index in [9.17, 15) is 9.90 Å². The van der Waals surface area contributed by atoms with Gasteiger partial charge in [0.25, 0.3) is 0 Å². The molecule has 4 nitrogen and oxygen atoms in total. The first-order valence-corrected chi connectivity index (χ1v) is 3.93. The second kappa shape index (κ2) is 3.62. The van der Waals surface area contributed by atoms with Gasteiger partial charge in [0.15, 0.2) is 0 Å². The van der Waals surface area contributed by atoms with Crippen molar-refractivity contribution >= 4 is 0 Å². The fraction of sp³-hybridized carbons (Fsp3) is 0.444. The summed E-state index contributed by atoms with van der Waals surface area (Å²) < 4.78 is 9.76. The third-order valence-corrected chi connectivity index (χ3v) is 1.79. The Hall–Kier alpha value is -1.29. The molecule has 72 valence electrons. The lowest BCUT2D eigenvalue weighted by atomic mass is 10.1. The van der Waals surface area contributed by atoms with Crippen LogP contribution >= 0.6 is 0 Å². The molecule has 13 heavy (non-hydrogen) atoms. The summed E-state index contributed by atoms with van der Waals surface area (Å²) >= 11 is 0. The maximum Gasteiger partial charge on any atom is 0.339 e. The lowest BCUT2D eigenvalue weighted by Gasteiger charge is -2.11. The number of rotatable bonds is 2. The molecule has 0 amide bonds. The molecule has 1 aromatic heterocycles. The molecule has 0 spiro atoms. The lowest BCUT2D eigenvalue weighted by Crippen LogP contribution is -2.06. The summed E-state index contributed by atoms with van der Waals surface area (Å²) in [4.78, 5) is 10.9. The minimum Gasteiger partial charge on any atom is -0.496 e. The molecule has 4 heteroatoms. The summed E-state index contributed by atoms with van der Waals surface area (Å²) in [6.07, 6.45) is -0.709. The Morgan fingerprint density at radius 2 is 2.23 bits per heavy atom. The standard InChI is InChI=1S/C9H12O4/c1-5(10)9-6(2)13-8(11)4-7(9)12-3/h4-5,10H,1-3H3/t5-/m0/s1. The normalized spacial score (nSPS) is 12.6. The van der Waals surface area contributed by atoms with E-state index < -0.39 is 11.7 Å². The van der Waals surface area contributed by atoms with Gasteiger partial charge in [0.1, 0.15) is 11.5 Å². The van der Waals surface area contributed by atoms with Crippen molar-refractivity contribution in [1.82, 2.24) is 0 Å². The van der Waals surface area contributed by atoms with Gasteiger partial charge in [-0.1, -0.05) is 0 Å². The molecule has 1 atom stereocenters. The molecule has 0 saturated carbocycles. The zero-order valence-corrected chi connectivity index (χ0v) is 7.83. The number of aliphatic hydroxyl groups is 1. The minimum absolute atomic E-state index is 0.365. The van der Waals surface area contributed by atoms with E-state index >= 15 is 0 Å². The Balaban J connectivity index is 3.38. The average Bonchev–Trinajstić information content (AvgIpc) is 2.01. The molecule has 0 aromatic carbocycles. The first kappa shape index (κ1) is 9.80. The molecule has 0 bridgehead atoms. The molecule has 0 saturated heterocycles. The summed E-state index contributed by atoms with van der Waals surface area (Å²) in [7, 11) is 1.44. The van der Waals surface area contributed by atoms with Crippen LogP contribution in [-0.4, -0.2) is 12.2 Å². The molecular formula is C9H12O4. The maximum atomic E-state index is 10.9. The van der Waals surface area contributed by atoms with Gasteiger partial charge < -0.3 is 14.3 Å². The fourth-order valence-electron chi connectivity index (χ4n) is 1.26. The van der Waals surface area contributed by atoms with Gasteiger partial charge in [-0.15, -0.1) is 0 Å². The summed E-state index contributed by atoms with van der Waals surface area (Å²) in [5.41, 5.74) is 0.0425. The number of methoxy groups -OCH3 is 1. The molecule has 1 N–H and O–H groups in total. The van der Waals surface area contributed by atoms with Gasteiger partial charge in [0.05, 0.1) is 24.8 Å². The summed E-state index contributed by atoms with van der Waals surface area (Å²) in [5, 5.41) is 9.37. The second-order valence-corrected chi connectivity index (χ2v) is 2.78. The Labute approximate surface area is 75.8 Å². The molecule has 1 rings (SSSR count). The van der Waals surface area contributed by atoms with Crippen molar-refractivity contribution in [3.05, 3.63) is 27.8 Å². The van der Waals surface area contributed by atoms with E-state index in [0.29, 0.717) is 17.1 Å². The van der Waals surface area contributed by atoms with Gasteiger partial charge in [-0.05, 0) is 13.8 Å². The maximum absolute atomic E-state index is 10.9. The smallest absolute Gasteiger partial charge is 0.339 e. The number of ether oxygens (including phenoxy) is 1. The van der Waals surface area contributed by atoms with Crippen LogP contribution in [-0.2, 0) is 0 Å². The monoisotopic (exact) mass is 184 g/mol. The van der Waals surface area contributed by atoms with E-state index in [2.05, 4.69) is 0 Å². The zero-order valence-electron chi connectivity index (χ0n) is 7.83. The van der Waals surface area contributed by atoms with Crippen LogP contribution in [0.25, 0.3) is 0 Å². The Kier molecular flexibility index (Phi) is 2.72. The van der Waals surface area contributed by atoms with Crippen molar-refractivity contribution in [1.29, 1.82) is 0 Å². The largest absolute Gasteiger partial charge is 0.496 e. The average molecular weight is 184 g/mol. The second-order valence-electron chi connectivity index (χ2n) is 2.78. The summed E-state index contributed by atoms with van der Waals surface area (Å²) in [6.45, 7) is 3.21. The molecule has 0 aliphatic heterocycles. The van der Waals surface area contributed by atoms with Crippen LogP contribution in [0.4, 0.5) is 0 Å². The van der Waals surface area contributed by atoms with Crippen LogP contribution in [0.1, 0.15) is 24.4 Å². The predicted octanol–water partition coefficient (Wildman–Crippen LogP) is 1.01. The van der Waals surface area contributed by atoms with Crippen molar-refractivity contribution < 1.29 is 14.3 Å². The highest BCUT2D eigenvalue weighted by Crippen LogP contribution is 2.25. The van der Waals surface area contributed by atoms with Crippen molar-refractivity contribution in [2.75, 3.05) is 7.11 Å². The third-order valence-electron chi connectivity index (χ3n) is 1.79. The molecule has 1 heterocycles. The van der Waals surface area contributed by atoms with Gasteiger partial charge >= 0.3 is 5.63 Å². The summed E-state index contributed by atoms with van der Waals surface area (Å²) in [6, 6.07) is 1.22. The summed E-state index contributed by atoms with van der Waals surface area (Å²) in [5.74, 6) is 0.753. The lowest BCUT2D eigenvalue weighted by molar-refractivity contribution is 0.188. The van der Waals surface area contributed by atoms with Crippen LogP contribution in [0.5, 0.6) is 5.75 Å². The van der Waals surface area contributed by atoms with Crippen molar-refractivity contribution in [3.63, 3.8) is 0 Å². The highest BCUT2D eigenvalue weighted by molar-refractivity contribution is 5.35. The predicted molar refractivity (Wildman–Crippen MR) is 46.9 cm³/mol. The number of hydrogen-bond donors (Lipinski definition) is 1. The number of aryl methyl sites for hydroxylation is 1. The van der Waals surface area contributed by atoms with Gasteiger partial charge in [-0.3, -0.25) is 0 Å². The molecule has 1 aromatic rings. The molecule has 0 unspecified atom stereocenters. The molecule has 0 aliphatic rings. The van der Waals surface area contributed by atoms with Crippen molar-refractivity contribution in [2.24, 2.45) is 0 Å². The Bertz CT molecular complexity index is 351. The van der Waals surface area contributed by atoms with Crippen LogP contribution < -0.4 is 10.4 Å². The van der Waals surface area contributed by atoms with Gasteiger partial charge in [0.2, 0.25) is 0 Å². The number of aliphatic hydroxyl groups excluding tert-OH is 1. The minimum atomic E-state index is -0.709. The van der Waals surface area contributed by atoms with Gasteiger partial charge in [-0.2, -0.15) is 0 Å². The highest BCUT2D eigenvalue weighted by Gasteiger charge is 2.14. The first-order valence-electron chi connectivity index (χ1n) is 3.93. The van der Waals surface area contributed by atoms with E-state index in [1.54, 1.807) is 13.8 Å². The number of hydrogen-bond acceptors (Lipinski definition) is 4. The van der Waals surface area contributed by atoms with Crippen LogP contribution in [0.2, 0.25) is 0 Å². The van der Waals surface area contributed by atoms with Gasteiger partial charge in [-0.25, -0.2) is 4.79 Å². The van der Waals surface area contributed by atoms with E-state index in [-0.39, 0.29) is 0 Å².